The summed E-state index contributed by atoms with van der Waals surface area (Å²) in [6, 6.07) is 0. The van der Waals surface area contributed by atoms with Gasteiger partial charge in [0.15, 0.2) is 0 Å². The van der Waals surface area contributed by atoms with E-state index in [1.165, 1.54) is 14.2 Å². The molecule has 0 aliphatic heterocycles. The molecule has 0 aliphatic carbocycles. The quantitative estimate of drug-likeness (QED) is 0.142. The number of methoxy groups -OCH3 is 2. The summed E-state index contributed by atoms with van der Waals surface area (Å²) in [7, 11) is -4.63. The fraction of sp³-hybridized carbons (Fsp3) is 0.824. The first kappa shape index (κ1) is 29.4. The summed E-state index contributed by atoms with van der Waals surface area (Å²) in [5.74, 6) is -1.63. The van der Waals surface area contributed by atoms with Crippen molar-refractivity contribution in [3.8, 4) is 0 Å². The molecule has 0 amide bonds. The van der Waals surface area contributed by atoms with E-state index in [-0.39, 0.29) is 5.71 Å². The summed E-state index contributed by atoms with van der Waals surface area (Å²) in [6.07, 6.45) is 0. The summed E-state index contributed by atoms with van der Waals surface area (Å²) < 4.78 is 19.9. The molecule has 0 saturated heterocycles. The molecule has 0 N–H and O–H groups in total. The Kier molecular flexibility index (Phi) is 10.2. The van der Waals surface area contributed by atoms with E-state index in [0.717, 1.165) is 0 Å². The van der Waals surface area contributed by atoms with Crippen molar-refractivity contribution in [2.24, 2.45) is 9.11 Å². The van der Waals surface area contributed by atoms with Crippen molar-refractivity contribution in [1.29, 1.82) is 0 Å². The SMILES string of the molecule is COC(=O)C(=N[N]=[Ge]([N]([Si](C)(C)C)[Si](C)(C)C)[N]([Si](C)(C)C)[Si](C)(C)C)C(=O)OC. The van der Waals surface area contributed by atoms with Crippen LogP contribution in [0.1, 0.15) is 0 Å². The first-order valence-corrected chi connectivity index (χ1v) is 26.7. The second-order valence-electron chi connectivity index (χ2n) is 11.2. The van der Waals surface area contributed by atoms with Crippen LogP contribution in [-0.4, -0.2) is 85.8 Å². The molecule has 0 radical (unpaired) electrons. The van der Waals surface area contributed by atoms with Gasteiger partial charge in [-0.15, -0.1) is 0 Å². The van der Waals surface area contributed by atoms with Crippen LogP contribution < -0.4 is 0 Å². The zero-order chi connectivity index (χ0) is 24.3. The molecule has 30 heavy (non-hydrogen) atoms. The van der Waals surface area contributed by atoms with Crippen molar-refractivity contribution in [3.05, 3.63) is 0 Å². The molecular formula is C17H42GeN4O4Si4. The van der Waals surface area contributed by atoms with E-state index < -0.39 is 59.5 Å². The van der Waals surface area contributed by atoms with Gasteiger partial charge < -0.3 is 0 Å². The normalized spacial score (nSPS) is 12.6. The van der Waals surface area contributed by atoms with Gasteiger partial charge in [0.2, 0.25) is 0 Å². The van der Waals surface area contributed by atoms with Crippen molar-refractivity contribution < 1.29 is 19.1 Å². The molecule has 0 aromatic rings. The van der Waals surface area contributed by atoms with Gasteiger partial charge in [-0.1, -0.05) is 0 Å². The van der Waals surface area contributed by atoms with Gasteiger partial charge >= 0.3 is 193 Å². The van der Waals surface area contributed by atoms with E-state index in [9.17, 15) is 9.59 Å². The van der Waals surface area contributed by atoms with Crippen molar-refractivity contribution in [2.45, 2.75) is 78.6 Å². The number of rotatable bonds is 9. The minimum absolute atomic E-state index is 0.387. The monoisotopic (exact) mass is 552 g/mol. The van der Waals surface area contributed by atoms with Gasteiger partial charge in [-0.05, 0) is 0 Å². The summed E-state index contributed by atoms with van der Waals surface area (Å²) >= 11 is -2.56. The fourth-order valence-corrected chi connectivity index (χ4v) is 43.7. The summed E-state index contributed by atoms with van der Waals surface area (Å²) in [6.45, 7) is 28.2. The Morgan fingerprint density at radius 2 is 0.900 bits per heavy atom. The zero-order valence-corrected chi connectivity index (χ0v) is 27.5. The van der Waals surface area contributed by atoms with Crippen molar-refractivity contribution >= 4 is 65.2 Å². The molecule has 0 unspecified atom stereocenters. The average Bonchev–Trinajstić information content (AvgIpc) is 2.48. The van der Waals surface area contributed by atoms with E-state index >= 15 is 0 Å². The number of hydrogen-bond acceptors (Lipinski definition) is 6. The predicted octanol–water partition coefficient (Wildman–Crippen LogP) is 3.89. The molecule has 0 atom stereocenters. The molecule has 0 aromatic heterocycles. The minimum atomic E-state index is -2.56. The van der Waals surface area contributed by atoms with E-state index in [4.69, 9.17) is 13.5 Å². The molecule has 174 valence electrons. The first-order chi connectivity index (χ1) is 13.2. The standard InChI is InChI=1S/C17H42GeN4O4Si4/c1-25-16(23)15(17(24)26-2)19-20-18(21(27(3,4)5)28(6,7)8)22(29(9,10)11)30(12,13)14/h1-14H3. The van der Waals surface area contributed by atoms with Crippen LogP contribution in [0.25, 0.3) is 0 Å². The second kappa shape index (κ2) is 10.4. The molecule has 0 aromatic carbocycles. The third-order valence-corrected chi connectivity index (χ3v) is 40.8. The molecule has 0 spiro atoms. The Morgan fingerprint density at radius 3 is 1.10 bits per heavy atom. The van der Waals surface area contributed by atoms with Crippen LogP contribution >= 0.6 is 0 Å². The maximum absolute atomic E-state index is 12.2. The van der Waals surface area contributed by atoms with E-state index in [1.807, 2.05) is 0 Å². The summed E-state index contributed by atoms with van der Waals surface area (Å²) in [4.78, 5) is 24.3. The fourth-order valence-electron chi connectivity index (χ4n) is 3.85. The number of hydrogen-bond donors (Lipinski definition) is 0. The molecule has 13 heteroatoms. The van der Waals surface area contributed by atoms with Crippen LogP contribution in [0.5, 0.6) is 0 Å². The van der Waals surface area contributed by atoms with Crippen LogP contribution in [0.2, 0.25) is 78.6 Å². The van der Waals surface area contributed by atoms with Crippen LogP contribution in [0.15, 0.2) is 9.11 Å². The van der Waals surface area contributed by atoms with Gasteiger partial charge in [-0.25, -0.2) is 0 Å². The van der Waals surface area contributed by atoms with Crippen molar-refractivity contribution in [3.63, 3.8) is 0 Å². The topological polar surface area (TPSA) is 83.8 Å². The van der Waals surface area contributed by atoms with Gasteiger partial charge in [0, 0.05) is 0 Å². The number of esters is 2. The summed E-state index contributed by atoms with van der Waals surface area (Å²) in [5.41, 5.74) is -0.387. The molecule has 0 heterocycles. The molecule has 0 aliphatic rings. The average molecular weight is 552 g/mol. The van der Waals surface area contributed by atoms with Crippen molar-refractivity contribution in [2.75, 3.05) is 14.2 Å². The van der Waals surface area contributed by atoms with E-state index in [1.54, 1.807) is 0 Å². The Balaban J connectivity index is 7.22. The Bertz CT molecular complexity index is 625. The van der Waals surface area contributed by atoms with Gasteiger partial charge in [-0.2, -0.15) is 0 Å². The van der Waals surface area contributed by atoms with Crippen LogP contribution in [0.4, 0.5) is 0 Å². The number of nitrogens with zero attached hydrogens (tertiary/aromatic N) is 4. The maximum atomic E-state index is 12.2. The molecule has 0 rings (SSSR count). The molecule has 0 fully saturated rings. The molecular weight excluding hydrogens is 509 g/mol. The Hall–Kier alpha value is -0.580. The van der Waals surface area contributed by atoms with Gasteiger partial charge in [0.1, 0.15) is 0 Å². The third-order valence-electron chi connectivity index (χ3n) is 4.08. The van der Waals surface area contributed by atoms with Gasteiger partial charge in [0.25, 0.3) is 0 Å². The van der Waals surface area contributed by atoms with Crippen molar-refractivity contribution in [1.82, 2.24) is 6.38 Å². The molecule has 0 saturated carbocycles. The Labute approximate surface area is 192 Å². The number of carbonyl (C=O) groups excluding carboxylic acids is 2. The van der Waals surface area contributed by atoms with Crippen LogP contribution in [0, 0.1) is 0 Å². The molecule has 0 bridgehead atoms. The van der Waals surface area contributed by atoms with Crippen LogP contribution in [-0.2, 0) is 19.1 Å². The Morgan fingerprint density at radius 1 is 0.633 bits per heavy atom. The number of ether oxygens (including phenoxy) is 2. The third kappa shape index (κ3) is 8.16. The molecule has 8 nitrogen and oxygen atoms in total. The van der Waals surface area contributed by atoms with E-state index in [0.29, 0.717) is 0 Å². The van der Waals surface area contributed by atoms with E-state index in [2.05, 4.69) is 90.0 Å². The second-order valence-corrected chi connectivity index (χ2v) is 38.5. The predicted molar refractivity (Wildman–Crippen MR) is 137 cm³/mol. The number of carbonyl (C=O) groups is 2. The van der Waals surface area contributed by atoms with Gasteiger partial charge in [-0.3, -0.25) is 0 Å². The first-order valence-electron chi connectivity index (χ1n) is 10.1. The summed E-state index contributed by atoms with van der Waals surface area (Å²) in [5, 5.41) is 4.23. The van der Waals surface area contributed by atoms with Gasteiger partial charge in [0.05, 0.1) is 0 Å². The zero-order valence-electron chi connectivity index (χ0n) is 21.4. The van der Waals surface area contributed by atoms with Crippen LogP contribution in [0.3, 0.4) is 0 Å².